The van der Waals surface area contributed by atoms with Gasteiger partial charge in [0.05, 0.1) is 0 Å². The van der Waals surface area contributed by atoms with Crippen LogP contribution in [0.15, 0.2) is 12.3 Å². The fourth-order valence-corrected chi connectivity index (χ4v) is 2.22. The summed E-state index contributed by atoms with van der Waals surface area (Å²) in [6.45, 7) is 10.8. The van der Waals surface area contributed by atoms with E-state index in [9.17, 15) is 0 Å². The van der Waals surface area contributed by atoms with Crippen molar-refractivity contribution >= 4 is 5.82 Å². The number of nitrogens with two attached hydrogens (primary N) is 1. The van der Waals surface area contributed by atoms with Crippen LogP contribution in [0.4, 0.5) is 5.82 Å². The molecule has 0 spiro atoms. The highest BCUT2D eigenvalue weighted by Crippen LogP contribution is 2.22. The van der Waals surface area contributed by atoms with Gasteiger partial charge in [0.25, 0.3) is 0 Å². The van der Waals surface area contributed by atoms with Gasteiger partial charge in [-0.1, -0.05) is 20.8 Å². The molecule has 1 heterocycles. The van der Waals surface area contributed by atoms with Crippen LogP contribution in [0.1, 0.15) is 57.2 Å². The lowest BCUT2D eigenvalue weighted by Crippen LogP contribution is -2.27. The first-order valence-corrected chi connectivity index (χ1v) is 7.11. The molecule has 1 atom stereocenters. The Kier molecular flexibility index (Phi) is 6.13. The fraction of sp³-hybridized carbons (Fsp3) is 0.667. The van der Waals surface area contributed by atoms with Gasteiger partial charge in [-0.25, -0.2) is 4.98 Å². The molecule has 18 heavy (non-hydrogen) atoms. The second-order valence-corrected chi connectivity index (χ2v) is 4.91. The van der Waals surface area contributed by atoms with Crippen LogP contribution in [0.3, 0.4) is 0 Å². The van der Waals surface area contributed by atoms with Gasteiger partial charge in [0, 0.05) is 25.3 Å². The Morgan fingerprint density at radius 2 is 1.83 bits per heavy atom. The van der Waals surface area contributed by atoms with Gasteiger partial charge in [-0.2, -0.15) is 0 Å². The lowest BCUT2D eigenvalue weighted by Gasteiger charge is -2.25. The zero-order valence-corrected chi connectivity index (χ0v) is 12.2. The predicted octanol–water partition coefficient (Wildman–Crippen LogP) is 3.43. The number of hydrogen-bond acceptors (Lipinski definition) is 3. The lowest BCUT2D eigenvalue weighted by atomic mass is 10.1. The lowest BCUT2D eigenvalue weighted by molar-refractivity contribution is 0.689. The van der Waals surface area contributed by atoms with Crippen LogP contribution in [0.25, 0.3) is 0 Å². The fourth-order valence-electron chi connectivity index (χ4n) is 2.22. The van der Waals surface area contributed by atoms with E-state index in [0.29, 0.717) is 0 Å². The molecule has 1 aromatic heterocycles. The highest BCUT2D eigenvalue weighted by Gasteiger charge is 2.11. The van der Waals surface area contributed by atoms with Gasteiger partial charge in [0.15, 0.2) is 0 Å². The van der Waals surface area contributed by atoms with E-state index in [0.717, 1.165) is 43.7 Å². The maximum Gasteiger partial charge on any atom is 0.131 e. The average molecular weight is 249 g/mol. The Morgan fingerprint density at radius 3 is 2.28 bits per heavy atom. The van der Waals surface area contributed by atoms with Crippen molar-refractivity contribution in [1.29, 1.82) is 0 Å². The molecule has 3 nitrogen and oxygen atoms in total. The van der Waals surface area contributed by atoms with Crippen molar-refractivity contribution in [1.82, 2.24) is 4.98 Å². The maximum absolute atomic E-state index is 6.05. The van der Waals surface area contributed by atoms with Gasteiger partial charge < -0.3 is 10.6 Å². The van der Waals surface area contributed by atoms with Crippen LogP contribution >= 0.6 is 0 Å². The van der Waals surface area contributed by atoms with Crippen molar-refractivity contribution < 1.29 is 0 Å². The van der Waals surface area contributed by atoms with E-state index >= 15 is 0 Å². The first-order valence-electron chi connectivity index (χ1n) is 7.11. The van der Waals surface area contributed by atoms with Crippen molar-refractivity contribution in [2.24, 2.45) is 5.73 Å². The third-order valence-electron chi connectivity index (χ3n) is 3.23. The third-order valence-corrected chi connectivity index (χ3v) is 3.23. The summed E-state index contributed by atoms with van der Waals surface area (Å²) >= 11 is 0. The molecule has 0 aliphatic carbocycles. The second-order valence-electron chi connectivity index (χ2n) is 4.91. The zero-order chi connectivity index (χ0) is 13.5. The molecule has 0 unspecified atom stereocenters. The monoisotopic (exact) mass is 249 g/mol. The molecule has 0 amide bonds. The highest BCUT2D eigenvalue weighted by molar-refractivity contribution is 5.47. The van der Waals surface area contributed by atoms with E-state index in [4.69, 9.17) is 5.73 Å². The van der Waals surface area contributed by atoms with Gasteiger partial charge in [-0.15, -0.1) is 0 Å². The summed E-state index contributed by atoms with van der Waals surface area (Å²) in [6, 6.07) is 2.30. The first kappa shape index (κ1) is 15.0. The van der Waals surface area contributed by atoms with Crippen LogP contribution < -0.4 is 10.6 Å². The minimum absolute atomic E-state index is 0.107. The Balaban J connectivity index is 2.95. The molecule has 2 N–H and O–H groups in total. The van der Waals surface area contributed by atoms with Gasteiger partial charge in [-0.05, 0) is 43.4 Å². The van der Waals surface area contributed by atoms with Crippen LogP contribution in [0.2, 0.25) is 0 Å². The molecule has 3 heteroatoms. The summed E-state index contributed by atoms with van der Waals surface area (Å²) in [6.07, 6.45) is 5.19. The summed E-state index contributed by atoms with van der Waals surface area (Å²) in [5, 5.41) is 0. The summed E-state index contributed by atoms with van der Waals surface area (Å²) in [5.74, 6) is 1.12. The smallest absolute Gasteiger partial charge is 0.131 e. The molecule has 0 aliphatic heterocycles. The molecule has 0 saturated heterocycles. The Labute approximate surface area is 111 Å². The zero-order valence-electron chi connectivity index (χ0n) is 12.2. The summed E-state index contributed by atoms with van der Waals surface area (Å²) in [7, 11) is 0. The molecule has 0 radical (unpaired) electrons. The Hall–Kier alpha value is -1.09. The Morgan fingerprint density at radius 1 is 1.22 bits per heavy atom. The van der Waals surface area contributed by atoms with Crippen molar-refractivity contribution in [3.8, 4) is 0 Å². The van der Waals surface area contributed by atoms with E-state index in [1.165, 1.54) is 5.56 Å². The molecule has 0 fully saturated rings. The third kappa shape index (κ3) is 3.70. The number of nitrogens with zero attached hydrogens (tertiary/aromatic N) is 2. The van der Waals surface area contributed by atoms with Crippen LogP contribution in [0.5, 0.6) is 0 Å². The SMILES string of the molecule is CCCN(CCC)c1ncc([C@@H](N)CC)cc1C. The van der Waals surface area contributed by atoms with E-state index < -0.39 is 0 Å². The molecule has 1 rings (SSSR count). The number of anilines is 1. The summed E-state index contributed by atoms with van der Waals surface area (Å²) < 4.78 is 0. The van der Waals surface area contributed by atoms with Crippen molar-refractivity contribution in [2.75, 3.05) is 18.0 Å². The largest absolute Gasteiger partial charge is 0.356 e. The maximum atomic E-state index is 6.05. The van der Waals surface area contributed by atoms with Gasteiger partial charge in [-0.3, -0.25) is 0 Å². The van der Waals surface area contributed by atoms with Crippen molar-refractivity contribution in [3.63, 3.8) is 0 Å². The van der Waals surface area contributed by atoms with E-state index in [1.54, 1.807) is 0 Å². The summed E-state index contributed by atoms with van der Waals surface area (Å²) in [4.78, 5) is 7.00. The van der Waals surface area contributed by atoms with E-state index in [2.05, 4.69) is 43.6 Å². The van der Waals surface area contributed by atoms with Gasteiger partial charge in [0.2, 0.25) is 0 Å². The standard InChI is InChI=1S/C15H27N3/c1-5-8-18(9-6-2)15-12(4)10-13(11-17-15)14(16)7-3/h10-11,14H,5-9,16H2,1-4H3/t14-/m0/s1. The average Bonchev–Trinajstić information content (AvgIpc) is 2.37. The van der Waals surface area contributed by atoms with Gasteiger partial charge in [0.1, 0.15) is 5.82 Å². The topological polar surface area (TPSA) is 42.2 Å². The second kappa shape index (κ2) is 7.37. The molecule has 0 aromatic carbocycles. The van der Waals surface area contributed by atoms with E-state index in [1.807, 2.05) is 6.20 Å². The Bertz CT molecular complexity index is 357. The molecule has 0 saturated carbocycles. The van der Waals surface area contributed by atoms with Crippen molar-refractivity contribution in [2.45, 2.75) is 53.0 Å². The van der Waals surface area contributed by atoms with Crippen LogP contribution in [-0.2, 0) is 0 Å². The normalized spacial score (nSPS) is 12.5. The van der Waals surface area contributed by atoms with Crippen LogP contribution in [-0.4, -0.2) is 18.1 Å². The number of aromatic nitrogens is 1. The number of rotatable bonds is 7. The molecule has 0 aliphatic rings. The highest BCUT2D eigenvalue weighted by atomic mass is 15.2. The van der Waals surface area contributed by atoms with Gasteiger partial charge >= 0.3 is 0 Å². The van der Waals surface area contributed by atoms with Crippen molar-refractivity contribution in [3.05, 3.63) is 23.4 Å². The minimum Gasteiger partial charge on any atom is -0.356 e. The van der Waals surface area contributed by atoms with Crippen LogP contribution in [0, 0.1) is 6.92 Å². The molecular weight excluding hydrogens is 222 g/mol. The molecule has 102 valence electrons. The number of pyridine rings is 1. The molecule has 0 bridgehead atoms. The predicted molar refractivity (Wildman–Crippen MR) is 79.0 cm³/mol. The number of aryl methyl sites for hydroxylation is 1. The van der Waals surface area contributed by atoms with E-state index in [-0.39, 0.29) is 6.04 Å². The number of hydrogen-bond donors (Lipinski definition) is 1. The molecule has 1 aromatic rings. The minimum atomic E-state index is 0.107. The first-order chi connectivity index (χ1) is 8.63. The summed E-state index contributed by atoms with van der Waals surface area (Å²) in [5.41, 5.74) is 8.43. The molecular formula is C15H27N3. The quantitative estimate of drug-likeness (QED) is 0.805.